The molecule has 30 heavy (non-hydrogen) atoms. The molecule has 1 aliphatic rings. The zero-order valence-corrected chi connectivity index (χ0v) is 17.9. The van der Waals surface area contributed by atoms with Gasteiger partial charge in [0.25, 0.3) is 0 Å². The van der Waals surface area contributed by atoms with E-state index < -0.39 is 11.8 Å². The Morgan fingerprint density at radius 2 is 1.77 bits per heavy atom. The summed E-state index contributed by atoms with van der Waals surface area (Å²) in [5.74, 6) is -1.28. The van der Waals surface area contributed by atoms with Crippen molar-refractivity contribution in [2.24, 2.45) is 0 Å². The second kappa shape index (κ2) is 10.2. The number of carbonyl (C=O) groups is 2. The molecule has 3 rings (SSSR count). The third-order valence-electron chi connectivity index (χ3n) is 5.39. The van der Waals surface area contributed by atoms with Crippen LogP contribution in [0.25, 0.3) is 0 Å². The maximum atomic E-state index is 12.4. The van der Waals surface area contributed by atoms with Crippen LogP contribution in [0.3, 0.4) is 0 Å². The van der Waals surface area contributed by atoms with Gasteiger partial charge in [-0.1, -0.05) is 24.3 Å². The van der Waals surface area contributed by atoms with E-state index in [2.05, 4.69) is 39.8 Å². The van der Waals surface area contributed by atoms with Crippen LogP contribution in [-0.4, -0.2) is 58.8 Å². The van der Waals surface area contributed by atoms with Crippen LogP contribution >= 0.6 is 0 Å². The molecule has 0 saturated carbocycles. The number of benzene rings is 2. The minimum Gasteiger partial charge on any atom is -0.378 e. The van der Waals surface area contributed by atoms with E-state index in [1.165, 1.54) is 4.90 Å². The molecule has 0 spiro atoms. The van der Waals surface area contributed by atoms with Crippen molar-refractivity contribution in [1.29, 1.82) is 0 Å². The van der Waals surface area contributed by atoms with Crippen LogP contribution in [0.2, 0.25) is 0 Å². The Bertz CT molecular complexity index is 861. The van der Waals surface area contributed by atoms with Crippen LogP contribution in [0.15, 0.2) is 48.5 Å². The summed E-state index contributed by atoms with van der Waals surface area (Å²) in [6.07, 6.45) is 0. The van der Waals surface area contributed by atoms with Crippen LogP contribution in [0, 0.1) is 6.92 Å². The molecular formula is C23H31N4O3+. The molecule has 1 aliphatic heterocycles. The van der Waals surface area contributed by atoms with Crippen LogP contribution in [0.5, 0.6) is 0 Å². The topological polar surface area (TPSA) is 75.1 Å². The molecule has 0 aliphatic carbocycles. The average molecular weight is 412 g/mol. The largest absolute Gasteiger partial charge is 0.378 e. The summed E-state index contributed by atoms with van der Waals surface area (Å²) in [5.41, 5.74) is 3.89. The van der Waals surface area contributed by atoms with Crippen molar-refractivity contribution in [2.45, 2.75) is 13.0 Å². The number of anilines is 2. The number of nitrogens with one attached hydrogen (secondary N) is 3. The number of aryl methyl sites for hydroxylation is 1. The van der Waals surface area contributed by atoms with E-state index in [1.54, 1.807) is 6.07 Å². The highest BCUT2D eigenvalue weighted by atomic mass is 16.5. The highest BCUT2D eigenvalue weighted by Crippen LogP contribution is 2.16. The number of ether oxygens (including phenoxy) is 1. The lowest BCUT2D eigenvalue weighted by molar-refractivity contribution is -0.937. The predicted molar refractivity (Wildman–Crippen MR) is 118 cm³/mol. The zero-order chi connectivity index (χ0) is 21.5. The van der Waals surface area contributed by atoms with E-state index in [0.29, 0.717) is 25.4 Å². The van der Waals surface area contributed by atoms with Gasteiger partial charge in [0.1, 0.15) is 19.1 Å². The Labute approximate surface area is 178 Å². The Kier molecular flexibility index (Phi) is 7.43. The Hall–Kier alpha value is -2.90. The van der Waals surface area contributed by atoms with Crippen molar-refractivity contribution in [1.82, 2.24) is 5.32 Å². The normalized spacial score (nSPS) is 15.3. The lowest BCUT2D eigenvalue weighted by Gasteiger charge is -2.32. The summed E-state index contributed by atoms with van der Waals surface area (Å²) in [4.78, 5) is 28.1. The first-order valence-corrected chi connectivity index (χ1v) is 10.3. The quantitative estimate of drug-likeness (QED) is 0.614. The van der Waals surface area contributed by atoms with Gasteiger partial charge >= 0.3 is 11.8 Å². The van der Waals surface area contributed by atoms with Crippen LogP contribution in [0.1, 0.15) is 17.2 Å². The Morgan fingerprint density at radius 1 is 1.07 bits per heavy atom. The van der Waals surface area contributed by atoms with Gasteiger partial charge in [-0.25, -0.2) is 0 Å². The molecule has 2 aromatic carbocycles. The van der Waals surface area contributed by atoms with E-state index >= 15 is 0 Å². The summed E-state index contributed by atoms with van der Waals surface area (Å²) in [6.45, 7) is 5.45. The van der Waals surface area contributed by atoms with Gasteiger partial charge < -0.3 is 25.2 Å². The molecule has 0 unspecified atom stereocenters. The number of nitrogens with zero attached hydrogens (tertiary/aromatic N) is 1. The van der Waals surface area contributed by atoms with E-state index in [9.17, 15) is 9.59 Å². The van der Waals surface area contributed by atoms with Crippen molar-refractivity contribution >= 4 is 23.2 Å². The third-order valence-corrected chi connectivity index (χ3v) is 5.39. The molecule has 1 fully saturated rings. The molecule has 1 saturated heterocycles. The number of hydrogen-bond acceptors (Lipinski definition) is 4. The summed E-state index contributed by atoms with van der Waals surface area (Å²) < 4.78 is 5.50. The molecule has 160 valence electrons. The molecule has 7 heteroatoms. The fraction of sp³-hybridized carbons (Fsp3) is 0.391. The molecular weight excluding hydrogens is 380 g/mol. The number of carbonyl (C=O) groups excluding carboxylic acids is 2. The molecule has 2 amide bonds. The van der Waals surface area contributed by atoms with Gasteiger partial charge in [0.15, 0.2) is 0 Å². The standard InChI is InChI=1S/C23H30N4O3/c1-17-5-4-6-19(15-17)25-23(29)22(28)24-16-21(27-11-13-30-14-12-27)18-7-9-20(10-8-18)26(2)3/h4-10,15,21H,11-14,16H2,1-3H3,(H,24,28)(H,25,29)/p+1/t21-/m0/s1. The second-order valence-corrected chi connectivity index (χ2v) is 7.84. The molecule has 0 aromatic heterocycles. The van der Waals surface area contributed by atoms with E-state index in [-0.39, 0.29) is 6.04 Å². The summed E-state index contributed by atoms with van der Waals surface area (Å²) in [5, 5.41) is 5.49. The van der Waals surface area contributed by atoms with Crippen molar-refractivity contribution in [3.63, 3.8) is 0 Å². The number of amides is 2. The SMILES string of the molecule is Cc1cccc(NC(=O)C(=O)NC[C@@H](c2ccc(N(C)C)cc2)[NH+]2CCOCC2)c1. The van der Waals surface area contributed by atoms with Crippen LogP contribution in [-0.2, 0) is 14.3 Å². The van der Waals surface area contributed by atoms with Crippen molar-refractivity contribution in [3.8, 4) is 0 Å². The third kappa shape index (κ3) is 5.81. The van der Waals surface area contributed by atoms with Crippen LogP contribution in [0.4, 0.5) is 11.4 Å². The van der Waals surface area contributed by atoms with Gasteiger partial charge in [-0.2, -0.15) is 0 Å². The van der Waals surface area contributed by atoms with Gasteiger partial charge in [0, 0.05) is 31.0 Å². The molecule has 7 nitrogen and oxygen atoms in total. The number of quaternary nitrogens is 1. The van der Waals surface area contributed by atoms with E-state index in [1.807, 2.05) is 39.2 Å². The first-order chi connectivity index (χ1) is 14.4. The van der Waals surface area contributed by atoms with Gasteiger partial charge in [-0.05, 0) is 36.8 Å². The maximum absolute atomic E-state index is 12.4. The number of rotatable bonds is 6. The summed E-state index contributed by atoms with van der Waals surface area (Å²) in [7, 11) is 4.01. The van der Waals surface area contributed by atoms with Crippen molar-refractivity contribution in [2.75, 3.05) is 57.2 Å². The van der Waals surface area contributed by atoms with Gasteiger partial charge in [0.2, 0.25) is 0 Å². The lowest BCUT2D eigenvalue weighted by atomic mass is 10.0. The van der Waals surface area contributed by atoms with E-state index in [0.717, 1.165) is 29.9 Å². The Balaban J connectivity index is 1.66. The van der Waals surface area contributed by atoms with Gasteiger partial charge in [-0.3, -0.25) is 9.59 Å². The summed E-state index contributed by atoms with van der Waals surface area (Å²) >= 11 is 0. The van der Waals surface area contributed by atoms with Crippen molar-refractivity contribution < 1.29 is 19.2 Å². The highest BCUT2D eigenvalue weighted by Gasteiger charge is 2.28. The fourth-order valence-corrected chi connectivity index (χ4v) is 3.67. The Morgan fingerprint density at radius 3 is 2.40 bits per heavy atom. The molecule has 0 radical (unpaired) electrons. The van der Waals surface area contributed by atoms with Crippen LogP contribution < -0.4 is 20.4 Å². The summed E-state index contributed by atoms with van der Waals surface area (Å²) in [6, 6.07) is 15.8. The molecule has 2 aromatic rings. The monoisotopic (exact) mass is 411 g/mol. The predicted octanol–water partition coefficient (Wildman–Crippen LogP) is 0.772. The highest BCUT2D eigenvalue weighted by molar-refractivity contribution is 6.39. The molecule has 1 atom stereocenters. The number of morpholine rings is 1. The smallest absolute Gasteiger partial charge is 0.313 e. The minimum absolute atomic E-state index is 0.0563. The van der Waals surface area contributed by atoms with Gasteiger partial charge in [-0.15, -0.1) is 0 Å². The maximum Gasteiger partial charge on any atom is 0.313 e. The second-order valence-electron chi connectivity index (χ2n) is 7.84. The fourth-order valence-electron chi connectivity index (χ4n) is 3.67. The molecule has 3 N–H and O–H groups in total. The average Bonchev–Trinajstić information content (AvgIpc) is 2.75. The van der Waals surface area contributed by atoms with Gasteiger partial charge in [0.05, 0.1) is 19.8 Å². The molecule has 1 heterocycles. The number of hydrogen-bond donors (Lipinski definition) is 3. The van der Waals surface area contributed by atoms with Crippen molar-refractivity contribution in [3.05, 3.63) is 59.7 Å². The van der Waals surface area contributed by atoms with E-state index in [4.69, 9.17) is 4.74 Å². The lowest BCUT2D eigenvalue weighted by Crippen LogP contribution is -3.15. The zero-order valence-electron chi connectivity index (χ0n) is 17.9. The first kappa shape index (κ1) is 21.8. The molecule has 0 bridgehead atoms. The first-order valence-electron chi connectivity index (χ1n) is 10.3. The minimum atomic E-state index is -0.653.